The highest BCUT2D eigenvalue weighted by molar-refractivity contribution is 5.70. The van der Waals surface area contributed by atoms with Gasteiger partial charge in [-0.2, -0.15) is 0 Å². The Hall–Kier alpha value is -1.38. The van der Waals surface area contributed by atoms with Gasteiger partial charge in [0.25, 0.3) is 0 Å². The summed E-state index contributed by atoms with van der Waals surface area (Å²) in [6.07, 6.45) is 1.55. The molecule has 0 heterocycles. The minimum Gasteiger partial charge on any atom is -0.481 e. The van der Waals surface area contributed by atoms with Crippen molar-refractivity contribution in [3.05, 3.63) is 35.4 Å². The normalized spacial score (nSPS) is 17.4. The van der Waals surface area contributed by atoms with Crippen LogP contribution in [0.4, 0.5) is 4.39 Å². The summed E-state index contributed by atoms with van der Waals surface area (Å²) >= 11 is 0. The summed E-state index contributed by atoms with van der Waals surface area (Å²) in [6.45, 7) is 0. The molecule has 80 valence electrons. The first-order valence-corrected chi connectivity index (χ1v) is 5.07. The van der Waals surface area contributed by atoms with Gasteiger partial charge < -0.3 is 5.11 Å². The van der Waals surface area contributed by atoms with Crippen molar-refractivity contribution in [2.45, 2.75) is 31.4 Å². The summed E-state index contributed by atoms with van der Waals surface area (Å²) in [7, 11) is 0. The smallest absolute Gasteiger partial charge is 0.307 e. The Balaban J connectivity index is 2.17. The fraction of sp³-hybridized carbons (Fsp3) is 0.417. The zero-order valence-electron chi connectivity index (χ0n) is 8.37. The molecule has 0 aromatic heterocycles. The number of aliphatic carboxylic acids is 1. The van der Waals surface area contributed by atoms with Crippen molar-refractivity contribution >= 4 is 5.97 Å². The van der Waals surface area contributed by atoms with E-state index in [1.807, 2.05) is 12.1 Å². The van der Waals surface area contributed by atoms with Gasteiger partial charge in [0.05, 0.1) is 6.42 Å². The molecule has 0 bridgehead atoms. The maximum absolute atomic E-state index is 13.6. The zero-order chi connectivity index (χ0) is 10.9. The summed E-state index contributed by atoms with van der Waals surface area (Å²) in [4.78, 5) is 10.6. The summed E-state index contributed by atoms with van der Waals surface area (Å²) in [6, 6.07) is 7.19. The molecule has 1 aromatic rings. The molecule has 0 spiro atoms. The lowest BCUT2D eigenvalue weighted by Gasteiger charge is -2.09. The molecule has 1 N–H and O–H groups in total. The number of alkyl halides is 1. The third kappa shape index (κ3) is 2.55. The van der Waals surface area contributed by atoms with Gasteiger partial charge in [-0.1, -0.05) is 24.3 Å². The molecule has 1 aliphatic carbocycles. The minimum absolute atomic E-state index is 0.0216. The van der Waals surface area contributed by atoms with Crippen LogP contribution in [0, 0.1) is 0 Å². The Morgan fingerprint density at radius 1 is 1.33 bits per heavy atom. The van der Waals surface area contributed by atoms with Crippen molar-refractivity contribution in [1.29, 1.82) is 0 Å². The first-order chi connectivity index (χ1) is 7.09. The van der Waals surface area contributed by atoms with E-state index < -0.39 is 11.6 Å². The molecular formula is C12H13FO2. The molecule has 1 aliphatic rings. The van der Waals surface area contributed by atoms with E-state index in [1.165, 1.54) is 0 Å². The van der Waals surface area contributed by atoms with E-state index in [0.717, 1.165) is 11.1 Å². The van der Waals surface area contributed by atoms with Crippen molar-refractivity contribution in [3.8, 4) is 0 Å². The third-order valence-electron chi connectivity index (χ3n) is 2.76. The Labute approximate surface area is 87.7 Å². The summed E-state index contributed by atoms with van der Waals surface area (Å²) < 4.78 is 13.6. The van der Waals surface area contributed by atoms with E-state index in [1.54, 1.807) is 12.1 Å². The number of carbonyl (C=O) groups is 1. The molecule has 0 atom stereocenters. The van der Waals surface area contributed by atoms with Gasteiger partial charge in [0.1, 0.15) is 5.67 Å². The Kier molecular flexibility index (Phi) is 2.47. The molecule has 15 heavy (non-hydrogen) atoms. The lowest BCUT2D eigenvalue weighted by Crippen LogP contribution is -2.09. The molecule has 2 rings (SSSR count). The van der Waals surface area contributed by atoms with Crippen molar-refractivity contribution in [2.24, 2.45) is 0 Å². The second kappa shape index (κ2) is 3.65. The summed E-state index contributed by atoms with van der Waals surface area (Å²) in [5.74, 6) is -0.869. The van der Waals surface area contributed by atoms with Crippen LogP contribution in [0.3, 0.4) is 0 Å². The predicted octanol–water partition coefficient (Wildman–Crippen LogP) is 2.36. The van der Waals surface area contributed by atoms with Crippen molar-refractivity contribution in [2.75, 3.05) is 0 Å². The van der Waals surface area contributed by atoms with E-state index in [4.69, 9.17) is 5.11 Å². The van der Waals surface area contributed by atoms with Crippen LogP contribution < -0.4 is 0 Å². The van der Waals surface area contributed by atoms with Crippen LogP contribution in [-0.4, -0.2) is 16.7 Å². The molecule has 1 fully saturated rings. The lowest BCUT2D eigenvalue weighted by molar-refractivity contribution is -0.136. The van der Waals surface area contributed by atoms with Gasteiger partial charge >= 0.3 is 5.97 Å². The van der Waals surface area contributed by atoms with Crippen LogP contribution in [0.2, 0.25) is 0 Å². The Morgan fingerprint density at radius 3 is 2.47 bits per heavy atom. The highest BCUT2D eigenvalue weighted by Gasteiger charge is 2.43. The molecule has 2 nitrogen and oxygen atoms in total. The van der Waals surface area contributed by atoms with Gasteiger partial charge in [-0.15, -0.1) is 0 Å². The molecule has 1 aromatic carbocycles. The number of rotatable bonds is 4. The highest BCUT2D eigenvalue weighted by atomic mass is 19.1. The third-order valence-corrected chi connectivity index (χ3v) is 2.76. The van der Waals surface area contributed by atoms with E-state index >= 15 is 0 Å². The quantitative estimate of drug-likeness (QED) is 0.824. The average molecular weight is 208 g/mol. The van der Waals surface area contributed by atoms with Gasteiger partial charge in [-0.3, -0.25) is 4.79 Å². The van der Waals surface area contributed by atoms with Crippen molar-refractivity contribution in [1.82, 2.24) is 0 Å². The van der Waals surface area contributed by atoms with Crippen LogP contribution in [-0.2, 0) is 17.6 Å². The SMILES string of the molecule is O=C(O)Cc1ccccc1CC1(F)CC1. The monoisotopic (exact) mass is 208 g/mol. The van der Waals surface area contributed by atoms with Crippen LogP contribution in [0.15, 0.2) is 24.3 Å². The summed E-state index contributed by atoms with van der Waals surface area (Å²) in [5, 5.41) is 8.71. The van der Waals surface area contributed by atoms with Crippen LogP contribution in [0.5, 0.6) is 0 Å². The topological polar surface area (TPSA) is 37.3 Å². The molecule has 0 amide bonds. The molecule has 0 aliphatic heterocycles. The lowest BCUT2D eigenvalue weighted by atomic mass is 9.99. The Morgan fingerprint density at radius 2 is 1.93 bits per heavy atom. The fourth-order valence-electron chi connectivity index (χ4n) is 1.72. The highest BCUT2D eigenvalue weighted by Crippen LogP contribution is 2.43. The molecule has 0 unspecified atom stereocenters. The minimum atomic E-state index is -1.06. The van der Waals surface area contributed by atoms with Gasteiger partial charge in [0.2, 0.25) is 0 Å². The zero-order valence-corrected chi connectivity index (χ0v) is 8.37. The van der Waals surface area contributed by atoms with Gasteiger partial charge in [0, 0.05) is 6.42 Å². The number of benzene rings is 1. The molecule has 0 saturated heterocycles. The predicted molar refractivity (Wildman–Crippen MR) is 54.6 cm³/mol. The maximum atomic E-state index is 13.6. The molecule has 0 radical (unpaired) electrons. The van der Waals surface area contributed by atoms with Gasteiger partial charge in [0.15, 0.2) is 0 Å². The van der Waals surface area contributed by atoms with E-state index in [-0.39, 0.29) is 6.42 Å². The maximum Gasteiger partial charge on any atom is 0.307 e. The second-order valence-electron chi connectivity index (χ2n) is 4.17. The van der Waals surface area contributed by atoms with Crippen LogP contribution in [0.1, 0.15) is 24.0 Å². The Bertz CT molecular complexity index is 383. The van der Waals surface area contributed by atoms with E-state index in [2.05, 4.69) is 0 Å². The van der Waals surface area contributed by atoms with E-state index in [9.17, 15) is 9.18 Å². The summed E-state index contributed by atoms with van der Waals surface area (Å²) in [5.41, 5.74) is 0.503. The number of carboxylic acid groups (broad SMARTS) is 1. The van der Waals surface area contributed by atoms with Crippen molar-refractivity contribution in [3.63, 3.8) is 0 Å². The van der Waals surface area contributed by atoms with Gasteiger partial charge in [-0.25, -0.2) is 4.39 Å². The number of hydrogen-bond donors (Lipinski definition) is 1. The van der Waals surface area contributed by atoms with Crippen LogP contribution in [0.25, 0.3) is 0 Å². The standard InChI is InChI=1S/C12H13FO2/c13-12(5-6-12)8-10-4-2-1-3-9(10)7-11(14)15/h1-4H,5-8H2,(H,14,15). The first kappa shape index (κ1) is 10.1. The van der Waals surface area contributed by atoms with Crippen molar-refractivity contribution < 1.29 is 14.3 Å². The average Bonchev–Trinajstić information content (AvgIpc) is 2.86. The molecule has 3 heteroatoms. The van der Waals surface area contributed by atoms with E-state index in [0.29, 0.717) is 19.3 Å². The largest absolute Gasteiger partial charge is 0.481 e. The van der Waals surface area contributed by atoms with Crippen LogP contribution >= 0.6 is 0 Å². The van der Waals surface area contributed by atoms with Gasteiger partial charge in [-0.05, 0) is 24.0 Å². The first-order valence-electron chi connectivity index (χ1n) is 5.07. The number of carboxylic acids is 1. The molecule has 1 saturated carbocycles. The number of hydrogen-bond acceptors (Lipinski definition) is 1. The molecular weight excluding hydrogens is 195 g/mol. The second-order valence-corrected chi connectivity index (χ2v) is 4.17. The number of halogens is 1. The fourth-order valence-corrected chi connectivity index (χ4v) is 1.72.